The van der Waals surface area contributed by atoms with E-state index in [9.17, 15) is 9.59 Å². The number of nitrogens with zero attached hydrogens (tertiary/aromatic N) is 1. The van der Waals surface area contributed by atoms with Gasteiger partial charge in [0.25, 0.3) is 5.91 Å². The molecule has 0 aromatic heterocycles. The molecule has 1 unspecified atom stereocenters. The fourth-order valence-corrected chi connectivity index (χ4v) is 1.63. The summed E-state index contributed by atoms with van der Waals surface area (Å²) in [5.41, 5.74) is 1.59. The molecule has 82 valence electrons. The van der Waals surface area contributed by atoms with Crippen LogP contribution in [0.4, 0.5) is 0 Å². The van der Waals surface area contributed by atoms with Crippen molar-refractivity contribution in [2.24, 2.45) is 10.9 Å². The topological polar surface area (TPSA) is 78.8 Å². The highest BCUT2D eigenvalue weighted by molar-refractivity contribution is 6.14. The molecule has 6 heteroatoms. The molecule has 0 saturated carbocycles. The van der Waals surface area contributed by atoms with Crippen molar-refractivity contribution in [3.05, 3.63) is 11.6 Å². The van der Waals surface area contributed by atoms with E-state index in [4.69, 9.17) is 5.11 Å². The number of fused-ring (bicyclic) bond motifs is 1. The van der Waals surface area contributed by atoms with Gasteiger partial charge < -0.3 is 10.4 Å². The summed E-state index contributed by atoms with van der Waals surface area (Å²) >= 11 is 0. The number of amides is 1. The molecule has 0 aromatic rings. The standard InChI is InChI=1S/C9H10N2O3.ClH/c12-8-6(9(13)14)3-5-4-10-2-1-7(5)11-8;/h3,6,10H,1-2,4H2,(H,13,14);1H. The van der Waals surface area contributed by atoms with Gasteiger partial charge in [0, 0.05) is 25.2 Å². The molecule has 1 fully saturated rings. The van der Waals surface area contributed by atoms with Crippen LogP contribution in [0.5, 0.6) is 0 Å². The van der Waals surface area contributed by atoms with Gasteiger partial charge in [-0.15, -0.1) is 12.4 Å². The fraction of sp³-hybridized carbons (Fsp3) is 0.444. The average Bonchev–Trinajstić information content (AvgIpc) is 2.16. The number of aliphatic imine (C=N–C) groups is 1. The first-order valence-electron chi connectivity index (χ1n) is 4.44. The highest BCUT2D eigenvalue weighted by Gasteiger charge is 2.30. The number of halogens is 1. The monoisotopic (exact) mass is 230 g/mol. The molecule has 0 aromatic carbocycles. The van der Waals surface area contributed by atoms with Gasteiger partial charge in [0.1, 0.15) is 0 Å². The van der Waals surface area contributed by atoms with Crippen molar-refractivity contribution >= 4 is 30.0 Å². The summed E-state index contributed by atoms with van der Waals surface area (Å²) in [5, 5.41) is 11.8. The van der Waals surface area contributed by atoms with E-state index in [2.05, 4.69) is 10.3 Å². The quantitative estimate of drug-likeness (QED) is 0.622. The Morgan fingerprint density at radius 3 is 3.00 bits per heavy atom. The van der Waals surface area contributed by atoms with Gasteiger partial charge in [-0.2, -0.15) is 0 Å². The molecule has 1 saturated heterocycles. The normalized spacial score (nSPS) is 24.5. The third-order valence-electron chi connectivity index (χ3n) is 2.37. The smallest absolute Gasteiger partial charge is 0.320 e. The number of dihydropyridines is 1. The third kappa shape index (κ3) is 2.24. The van der Waals surface area contributed by atoms with E-state index in [1.807, 2.05) is 0 Å². The lowest BCUT2D eigenvalue weighted by molar-refractivity contribution is -0.143. The molecule has 0 bridgehead atoms. The first kappa shape index (κ1) is 11.9. The zero-order valence-electron chi connectivity index (χ0n) is 7.90. The maximum atomic E-state index is 11.3. The highest BCUT2D eigenvalue weighted by atomic mass is 35.5. The summed E-state index contributed by atoms with van der Waals surface area (Å²) in [6.07, 6.45) is 2.20. The van der Waals surface area contributed by atoms with E-state index in [-0.39, 0.29) is 12.4 Å². The van der Waals surface area contributed by atoms with Crippen LogP contribution in [-0.4, -0.2) is 35.8 Å². The Kier molecular flexibility index (Phi) is 3.60. The Morgan fingerprint density at radius 1 is 1.60 bits per heavy atom. The lowest BCUT2D eigenvalue weighted by atomic mass is 9.94. The summed E-state index contributed by atoms with van der Waals surface area (Å²) in [4.78, 5) is 25.7. The van der Waals surface area contributed by atoms with Crippen LogP contribution in [-0.2, 0) is 9.59 Å². The van der Waals surface area contributed by atoms with Crippen LogP contribution in [0.25, 0.3) is 0 Å². The Balaban J connectivity index is 0.00000112. The second kappa shape index (κ2) is 4.55. The SMILES string of the molecule is Cl.O=C(O)C1C=C2CNCCC2=NC1=O. The molecule has 2 N–H and O–H groups in total. The minimum Gasteiger partial charge on any atom is -0.480 e. The first-order valence-corrected chi connectivity index (χ1v) is 4.44. The largest absolute Gasteiger partial charge is 0.480 e. The predicted octanol–water partition coefficient (Wildman–Crippen LogP) is 0.00990. The lowest BCUT2D eigenvalue weighted by Gasteiger charge is -2.22. The predicted molar refractivity (Wildman–Crippen MR) is 56.4 cm³/mol. The maximum Gasteiger partial charge on any atom is 0.320 e. The second-order valence-electron chi connectivity index (χ2n) is 3.33. The van der Waals surface area contributed by atoms with Gasteiger partial charge in [-0.1, -0.05) is 6.08 Å². The number of carboxylic acid groups (broad SMARTS) is 1. The Hall–Kier alpha value is -1.20. The van der Waals surface area contributed by atoms with Gasteiger partial charge in [0.05, 0.1) is 0 Å². The summed E-state index contributed by atoms with van der Waals surface area (Å²) in [7, 11) is 0. The van der Waals surface area contributed by atoms with E-state index < -0.39 is 17.8 Å². The van der Waals surface area contributed by atoms with E-state index in [1.54, 1.807) is 0 Å². The van der Waals surface area contributed by atoms with Gasteiger partial charge in [0.2, 0.25) is 0 Å². The third-order valence-corrected chi connectivity index (χ3v) is 2.37. The molecule has 0 aliphatic carbocycles. The van der Waals surface area contributed by atoms with Crippen molar-refractivity contribution in [2.75, 3.05) is 13.1 Å². The molecule has 0 radical (unpaired) electrons. The molecule has 1 atom stereocenters. The van der Waals surface area contributed by atoms with Crippen LogP contribution in [0.3, 0.4) is 0 Å². The summed E-state index contributed by atoms with van der Waals surface area (Å²) < 4.78 is 0. The molecular weight excluding hydrogens is 220 g/mol. The van der Waals surface area contributed by atoms with Crippen molar-refractivity contribution in [2.45, 2.75) is 6.42 Å². The van der Waals surface area contributed by atoms with Crippen LogP contribution >= 0.6 is 12.4 Å². The number of carbonyl (C=O) groups excluding carboxylic acids is 1. The van der Waals surface area contributed by atoms with E-state index in [0.717, 1.165) is 17.8 Å². The number of hydrogen-bond donors (Lipinski definition) is 2. The number of nitrogens with one attached hydrogen (secondary N) is 1. The van der Waals surface area contributed by atoms with Crippen LogP contribution < -0.4 is 5.32 Å². The van der Waals surface area contributed by atoms with E-state index >= 15 is 0 Å². The molecule has 2 rings (SSSR count). The zero-order chi connectivity index (χ0) is 10.1. The Morgan fingerprint density at radius 2 is 2.33 bits per heavy atom. The van der Waals surface area contributed by atoms with Gasteiger partial charge in [-0.05, 0) is 5.57 Å². The van der Waals surface area contributed by atoms with Crippen molar-refractivity contribution in [1.29, 1.82) is 0 Å². The van der Waals surface area contributed by atoms with E-state index in [0.29, 0.717) is 13.0 Å². The van der Waals surface area contributed by atoms with Crippen LogP contribution in [0.15, 0.2) is 16.6 Å². The summed E-state index contributed by atoms with van der Waals surface area (Å²) in [5.74, 6) is -2.78. The van der Waals surface area contributed by atoms with Crippen molar-refractivity contribution in [3.63, 3.8) is 0 Å². The van der Waals surface area contributed by atoms with Crippen LogP contribution in [0.1, 0.15) is 6.42 Å². The number of piperidine rings is 1. The molecule has 15 heavy (non-hydrogen) atoms. The number of carboxylic acids is 1. The lowest BCUT2D eigenvalue weighted by Crippen LogP contribution is -2.36. The number of hydrogen-bond acceptors (Lipinski definition) is 3. The first-order chi connectivity index (χ1) is 6.68. The molecule has 2 heterocycles. The van der Waals surface area contributed by atoms with Gasteiger partial charge in [0.15, 0.2) is 5.92 Å². The number of rotatable bonds is 1. The van der Waals surface area contributed by atoms with Crippen molar-refractivity contribution in [1.82, 2.24) is 5.32 Å². The maximum absolute atomic E-state index is 11.3. The van der Waals surface area contributed by atoms with Crippen LogP contribution in [0.2, 0.25) is 0 Å². The molecule has 1 amide bonds. The second-order valence-corrected chi connectivity index (χ2v) is 3.33. The number of carbonyl (C=O) groups is 2. The van der Waals surface area contributed by atoms with Crippen LogP contribution in [0, 0.1) is 5.92 Å². The highest BCUT2D eigenvalue weighted by Crippen LogP contribution is 2.18. The summed E-state index contributed by atoms with van der Waals surface area (Å²) in [6, 6.07) is 0. The summed E-state index contributed by atoms with van der Waals surface area (Å²) in [6.45, 7) is 1.40. The molecule has 0 spiro atoms. The molecule has 2 aliphatic heterocycles. The van der Waals surface area contributed by atoms with Crippen molar-refractivity contribution in [3.8, 4) is 0 Å². The van der Waals surface area contributed by atoms with Gasteiger partial charge >= 0.3 is 5.97 Å². The molecule has 5 nitrogen and oxygen atoms in total. The average molecular weight is 231 g/mol. The minimum absolute atomic E-state index is 0. The van der Waals surface area contributed by atoms with Crippen molar-refractivity contribution < 1.29 is 14.7 Å². The van der Waals surface area contributed by atoms with Gasteiger partial charge in [-0.3, -0.25) is 9.59 Å². The fourth-order valence-electron chi connectivity index (χ4n) is 1.63. The molecular formula is C9H11ClN2O3. The number of aliphatic carboxylic acids is 1. The zero-order valence-corrected chi connectivity index (χ0v) is 8.71. The Labute approximate surface area is 92.7 Å². The Bertz CT molecular complexity index is 362. The van der Waals surface area contributed by atoms with E-state index in [1.165, 1.54) is 6.08 Å². The van der Waals surface area contributed by atoms with Gasteiger partial charge in [-0.25, -0.2) is 4.99 Å². The minimum atomic E-state index is -1.13. The molecule has 2 aliphatic rings.